The highest BCUT2D eigenvalue weighted by molar-refractivity contribution is 5.87. The molecule has 76 valence electrons. The minimum Gasteiger partial charge on any atom is -0.299 e. The fourth-order valence-electron chi connectivity index (χ4n) is 4.08. The van der Waals surface area contributed by atoms with Crippen LogP contribution < -0.4 is 0 Å². The summed E-state index contributed by atoms with van der Waals surface area (Å²) in [4.78, 5) is 11.8. The van der Waals surface area contributed by atoms with E-state index in [0.29, 0.717) is 28.4 Å². The van der Waals surface area contributed by atoms with Crippen molar-refractivity contribution in [1.29, 1.82) is 0 Å². The molecule has 0 radical (unpaired) electrons. The van der Waals surface area contributed by atoms with E-state index >= 15 is 0 Å². The van der Waals surface area contributed by atoms with Crippen molar-refractivity contribution in [1.82, 2.24) is 0 Å². The van der Waals surface area contributed by atoms with Gasteiger partial charge in [-0.3, -0.25) is 4.79 Å². The van der Waals surface area contributed by atoms with Gasteiger partial charge in [-0.05, 0) is 23.7 Å². The Bertz CT molecular complexity index is 334. The average molecular weight is 190 g/mol. The maximum absolute atomic E-state index is 11.8. The Kier molecular flexibility index (Phi) is 1.34. The SMILES string of the molecule is CC(C)(C)[C@@H]1[C@@H]2C=CC23CCC(=O)[C@@H]13. The molecule has 0 amide bonds. The van der Waals surface area contributed by atoms with Crippen molar-refractivity contribution in [2.45, 2.75) is 33.6 Å². The largest absolute Gasteiger partial charge is 0.299 e. The molecule has 0 N–H and O–H groups in total. The van der Waals surface area contributed by atoms with Crippen molar-refractivity contribution >= 4 is 5.78 Å². The summed E-state index contributed by atoms with van der Waals surface area (Å²) >= 11 is 0. The van der Waals surface area contributed by atoms with Crippen LogP contribution in [0.15, 0.2) is 12.2 Å². The van der Waals surface area contributed by atoms with E-state index in [1.54, 1.807) is 0 Å². The Labute approximate surface area is 85.6 Å². The monoisotopic (exact) mass is 190 g/mol. The molecule has 0 heterocycles. The van der Waals surface area contributed by atoms with Crippen LogP contribution in [0.3, 0.4) is 0 Å². The standard InChI is InChI=1S/C13H18O/c1-12(2,3)10-8-4-6-13(8)7-5-9(14)11(10)13/h4,6,8,10-11H,5,7H2,1-3H3/t8-,10+,11-,13?/m0/s1. The van der Waals surface area contributed by atoms with E-state index in [-0.39, 0.29) is 0 Å². The number of rotatable bonds is 0. The van der Waals surface area contributed by atoms with Crippen LogP contribution in [0, 0.1) is 28.6 Å². The third-order valence-corrected chi connectivity index (χ3v) is 4.71. The van der Waals surface area contributed by atoms with Crippen molar-refractivity contribution in [2.24, 2.45) is 28.6 Å². The minimum atomic E-state index is 0.295. The van der Waals surface area contributed by atoms with Crippen LogP contribution in [-0.2, 0) is 4.79 Å². The lowest BCUT2D eigenvalue weighted by Gasteiger charge is -2.64. The van der Waals surface area contributed by atoms with Gasteiger partial charge in [0.15, 0.2) is 0 Å². The smallest absolute Gasteiger partial charge is 0.137 e. The van der Waals surface area contributed by atoms with Gasteiger partial charge in [-0.15, -0.1) is 0 Å². The molecule has 0 aromatic rings. The van der Waals surface area contributed by atoms with Crippen LogP contribution in [0.25, 0.3) is 0 Å². The van der Waals surface area contributed by atoms with E-state index in [4.69, 9.17) is 0 Å². The zero-order valence-corrected chi connectivity index (χ0v) is 9.21. The molecule has 1 unspecified atom stereocenters. The Morgan fingerprint density at radius 3 is 2.64 bits per heavy atom. The van der Waals surface area contributed by atoms with Crippen LogP contribution >= 0.6 is 0 Å². The highest BCUT2D eigenvalue weighted by Gasteiger charge is 2.70. The number of Topliss-reactive ketones (excluding diaryl/α,β-unsaturated/α-hetero) is 1. The summed E-state index contributed by atoms with van der Waals surface area (Å²) in [6.07, 6.45) is 6.61. The summed E-state index contributed by atoms with van der Waals surface area (Å²) in [6, 6.07) is 0. The Hall–Kier alpha value is -0.590. The van der Waals surface area contributed by atoms with Crippen molar-refractivity contribution < 1.29 is 4.79 Å². The zero-order valence-electron chi connectivity index (χ0n) is 9.21. The fraction of sp³-hybridized carbons (Fsp3) is 0.769. The van der Waals surface area contributed by atoms with Gasteiger partial charge in [-0.1, -0.05) is 32.9 Å². The van der Waals surface area contributed by atoms with Gasteiger partial charge in [0.25, 0.3) is 0 Å². The molecule has 3 aliphatic rings. The van der Waals surface area contributed by atoms with Crippen LogP contribution in [-0.4, -0.2) is 5.78 Å². The van der Waals surface area contributed by atoms with E-state index < -0.39 is 0 Å². The van der Waals surface area contributed by atoms with Gasteiger partial charge >= 0.3 is 0 Å². The highest BCUT2D eigenvalue weighted by Crippen LogP contribution is 2.72. The minimum absolute atomic E-state index is 0.295. The number of allylic oxidation sites excluding steroid dienone is 2. The second-order valence-electron chi connectivity index (χ2n) is 6.33. The van der Waals surface area contributed by atoms with Crippen molar-refractivity contribution in [2.75, 3.05) is 0 Å². The fourth-order valence-corrected chi connectivity index (χ4v) is 4.08. The van der Waals surface area contributed by atoms with Gasteiger partial charge in [0.05, 0.1) is 0 Å². The predicted molar refractivity (Wildman–Crippen MR) is 55.7 cm³/mol. The highest BCUT2D eigenvalue weighted by atomic mass is 16.1. The quantitative estimate of drug-likeness (QED) is 0.537. The van der Waals surface area contributed by atoms with Gasteiger partial charge in [-0.25, -0.2) is 0 Å². The summed E-state index contributed by atoms with van der Waals surface area (Å²) in [5.41, 5.74) is 0.638. The molecular formula is C13H18O. The molecule has 14 heavy (non-hydrogen) atoms. The molecular weight excluding hydrogens is 172 g/mol. The molecule has 1 heteroatoms. The molecule has 0 aromatic carbocycles. The summed E-state index contributed by atoms with van der Waals surface area (Å²) in [5, 5.41) is 0. The van der Waals surface area contributed by atoms with Gasteiger partial charge in [-0.2, -0.15) is 0 Å². The molecule has 3 rings (SSSR count). The molecule has 4 atom stereocenters. The normalized spacial score (nSPS) is 49.4. The second-order valence-corrected chi connectivity index (χ2v) is 6.33. The lowest BCUT2D eigenvalue weighted by Crippen LogP contribution is -2.62. The van der Waals surface area contributed by atoms with Gasteiger partial charge in [0.2, 0.25) is 0 Å². The van der Waals surface area contributed by atoms with Crippen molar-refractivity contribution in [3.8, 4) is 0 Å². The second kappa shape index (κ2) is 2.15. The van der Waals surface area contributed by atoms with E-state index in [1.165, 1.54) is 0 Å². The lowest BCUT2D eigenvalue weighted by atomic mass is 9.38. The maximum Gasteiger partial charge on any atom is 0.137 e. The Morgan fingerprint density at radius 1 is 1.43 bits per heavy atom. The van der Waals surface area contributed by atoms with Crippen molar-refractivity contribution in [3.05, 3.63) is 12.2 Å². The lowest BCUT2D eigenvalue weighted by molar-refractivity contribution is -0.149. The van der Waals surface area contributed by atoms with Crippen LogP contribution in [0.4, 0.5) is 0 Å². The molecule has 1 spiro atoms. The number of carbonyl (C=O) groups excluding carboxylic acids is 1. The first-order valence-corrected chi connectivity index (χ1v) is 5.69. The molecule has 0 saturated heterocycles. The Balaban J connectivity index is 1.99. The first-order valence-electron chi connectivity index (χ1n) is 5.69. The van der Waals surface area contributed by atoms with Crippen molar-refractivity contribution in [3.63, 3.8) is 0 Å². The number of hydrogen-bond donors (Lipinski definition) is 0. The van der Waals surface area contributed by atoms with E-state index in [0.717, 1.165) is 18.8 Å². The van der Waals surface area contributed by atoms with E-state index in [9.17, 15) is 4.79 Å². The topological polar surface area (TPSA) is 17.1 Å². The number of hydrogen-bond acceptors (Lipinski definition) is 1. The van der Waals surface area contributed by atoms with Gasteiger partial charge < -0.3 is 0 Å². The van der Waals surface area contributed by atoms with E-state index in [2.05, 4.69) is 32.9 Å². The van der Waals surface area contributed by atoms with Gasteiger partial charge in [0, 0.05) is 17.8 Å². The van der Waals surface area contributed by atoms with E-state index in [1.807, 2.05) is 0 Å². The first kappa shape index (κ1) is 8.70. The molecule has 0 bridgehead atoms. The summed E-state index contributed by atoms with van der Waals surface area (Å²) in [5.74, 6) is 2.24. The maximum atomic E-state index is 11.8. The summed E-state index contributed by atoms with van der Waals surface area (Å²) in [6.45, 7) is 6.83. The zero-order chi connectivity index (χ0) is 10.1. The van der Waals surface area contributed by atoms with Crippen LogP contribution in [0.1, 0.15) is 33.6 Å². The Morgan fingerprint density at radius 2 is 2.14 bits per heavy atom. The number of carbonyl (C=O) groups is 1. The van der Waals surface area contributed by atoms with Gasteiger partial charge in [0.1, 0.15) is 5.78 Å². The molecule has 1 nitrogen and oxygen atoms in total. The summed E-state index contributed by atoms with van der Waals surface area (Å²) < 4.78 is 0. The first-order chi connectivity index (χ1) is 6.47. The van der Waals surface area contributed by atoms with Crippen LogP contribution in [0.2, 0.25) is 0 Å². The third-order valence-electron chi connectivity index (χ3n) is 4.71. The number of ketones is 1. The third kappa shape index (κ3) is 0.721. The molecule has 2 fully saturated rings. The average Bonchev–Trinajstić information content (AvgIpc) is 2.34. The van der Waals surface area contributed by atoms with Crippen LogP contribution in [0.5, 0.6) is 0 Å². The molecule has 0 aliphatic heterocycles. The molecule has 3 aliphatic carbocycles. The summed E-state index contributed by atoms with van der Waals surface area (Å²) in [7, 11) is 0. The molecule has 0 aromatic heterocycles. The predicted octanol–water partition coefficient (Wildman–Crippen LogP) is 2.81. The molecule has 2 saturated carbocycles.